The minimum absolute atomic E-state index is 0.212. The predicted octanol–water partition coefficient (Wildman–Crippen LogP) is 1.69. The second-order valence-corrected chi connectivity index (χ2v) is 3.59. The average molecular weight is 265 g/mol. The van der Waals surface area contributed by atoms with Crippen LogP contribution in [0.3, 0.4) is 0 Å². The lowest BCUT2D eigenvalue weighted by atomic mass is 10.2. The van der Waals surface area contributed by atoms with Crippen LogP contribution in [0, 0.1) is 11.6 Å². The fourth-order valence-electron chi connectivity index (χ4n) is 1.33. The summed E-state index contributed by atoms with van der Waals surface area (Å²) >= 11 is 0. The zero-order valence-electron chi connectivity index (χ0n) is 9.64. The Kier molecular flexibility index (Phi) is 3.65. The number of ether oxygens (including phenoxy) is 1. The number of hydrogen-bond donors (Lipinski definition) is 1. The number of nitrogens with two attached hydrogens (primary N) is 1. The van der Waals surface area contributed by atoms with Crippen molar-refractivity contribution >= 4 is 11.7 Å². The number of hydrogen-bond acceptors (Lipinski definition) is 5. The summed E-state index contributed by atoms with van der Waals surface area (Å²) in [6, 6.07) is 3.02. The Balaban J connectivity index is 2.10. The van der Waals surface area contributed by atoms with E-state index in [1.165, 1.54) is 12.4 Å². The zero-order chi connectivity index (χ0) is 13.8. The third-order valence-electron chi connectivity index (χ3n) is 2.26. The van der Waals surface area contributed by atoms with Crippen LogP contribution in [0.2, 0.25) is 0 Å². The second-order valence-electron chi connectivity index (χ2n) is 3.59. The number of rotatable bonds is 3. The number of aromatic nitrogens is 2. The maximum Gasteiger partial charge on any atom is 0.341 e. The molecular formula is C12H9F2N3O2. The number of benzene rings is 1. The van der Waals surface area contributed by atoms with Gasteiger partial charge in [0.25, 0.3) is 0 Å². The van der Waals surface area contributed by atoms with Gasteiger partial charge in [-0.05, 0) is 12.1 Å². The zero-order valence-corrected chi connectivity index (χ0v) is 9.64. The van der Waals surface area contributed by atoms with E-state index in [0.717, 1.165) is 6.07 Å². The Morgan fingerprint density at radius 1 is 1.21 bits per heavy atom. The van der Waals surface area contributed by atoms with Gasteiger partial charge < -0.3 is 10.5 Å². The first-order valence-electron chi connectivity index (χ1n) is 5.25. The van der Waals surface area contributed by atoms with Gasteiger partial charge in [0.15, 0.2) is 12.4 Å². The van der Waals surface area contributed by atoms with E-state index in [2.05, 4.69) is 9.97 Å². The summed E-state index contributed by atoms with van der Waals surface area (Å²) in [5, 5.41) is 0. The fraction of sp³-hybridized carbons (Fsp3) is 0.0833. The molecule has 0 fully saturated rings. The molecule has 0 spiro atoms. The molecule has 0 atom stereocenters. The first-order valence-corrected chi connectivity index (χ1v) is 5.25. The van der Waals surface area contributed by atoms with E-state index in [0.29, 0.717) is 6.07 Å². The van der Waals surface area contributed by atoms with Gasteiger partial charge in [-0.15, -0.1) is 0 Å². The molecule has 1 aromatic heterocycles. The highest BCUT2D eigenvalue weighted by atomic mass is 19.1. The first-order chi connectivity index (χ1) is 9.08. The highest BCUT2D eigenvalue weighted by Crippen LogP contribution is 2.17. The van der Waals surface area contributed by atoms with Crippen LogP contribution < -0.4 is 5.73 Å². The number of nitrogens with zero attached hydrogens (tertiary/aromatic N) is 2. The molecule has 0 bridgehead atoms. The molecule has 0 radical (unpaired) electrons. The predicted molar refractivity (Wildman–Crippen MR) is 61.9 cm³/mol. The first kappa shape index (κ1) is 12.9. The number of esters is 1. The molecule has 0 unspecified atom stereocenters. The summed E-state index contributed by atoms with van der Waals surface area (Å²) in [7, 11) is 0. The summed E-state index contributed by atoms with van der Waals surface area (Å²) in [6.45, 7) is -0.212. The lowest BCUT2D eigenvalue weighted by Crippen LogP contribution is -2.10. The van der Waals surface area contributed by atoms with Crippen LogP contribution in [0.15, 0.2) is 30.6 Å². The van der Waals surface area contributed by atoms with E-state index in [9.17, 15) is 13.6 Å². The monoisotopic (exact) mass is 265 g/mol. The highest BCUT2D eigenvalue weighted by Gasteiger charge is 2.16. The Labute approximate surface area is 107 Å². The molecule has 1 heterocycles. The molecule has 0 saturated carbocycles. The van der Waals surface area contributed by atoms with Gasteiger partial charge in [-0.25, -0.2) is 23.5 Å². The van der Waals surface area contributed by atoms with Gasteiger partial charge >= 0.3 is 5.97 Å². The number of halogens is 2. The minimum atomic E-state index is -1.04. The number of nitrogen functional groups attached to an aromatic ring is 1. The van der Waals surface area contributed by atoms with Crippen LogP contribution in [0.25, 0.3) is 0 Å². The molecule has 1 aromatic carbocycles. The summed E-state index contributed by atoms with van der Waals surface area (Å²) in [6.07, 6.45) is 2.96. The SMILES string of the molecule is Nc1cc(C(=O)OCc2ncccn2)c(F)cc1F. The van der Waals surface area contributed by atoms with Crippen molar-refractivity contribution in [2.24, 2.45) is 0 Å². The lowest BCUT2D eigenvalue weighted by Gasteiger charge is -2.06. The third kappa shape index (κ3) is 3.01. The quantitative estimate of drug-likeness (QED) is 0.675. The molecule has 0 aliphatic carbocycles. The van der Waals surface area contributed by atoms with Crippen LogP contribution in [0.1, 0.15) is 16.2 Å². The van der Waals surface area contributed by atoms with Crippen molar-refractivity contribution in [2.45, 2.75) is 6.61 Å². The van der Waals surface area contributed by atoms with Gasteiger partial charge in [-0.1, -0.05) is 0 Å². The maximum absolute atomic E-state index is 13.4. The van der Waals surface area contributed by atoms with Gasteiger partial charge in [0.2, 0.25) is 0 Å². The van der Waals surface area contributed by atoms with Gasteiger partial charge in [0, 0.05) is 18.5 Å². The van der Waals surface area contributed by atoms with Crippen LogP contribution in [-0.2, 0) is 11.3 Å². The van der Waals surface area contributed by atoms with Crippen molar-refractivity contribution < 1.29 is 18.3 Å². The van der Waals surface area contributed by atoms with Gasteiger partial charge in [0.1, 0.15) is 11.6 Å². The van der Waals surface area contributed by atoms with Gasteiger partial charge in [0.05, 0.1) is 11.3 Å². The van der Waals surface area contributed by atoms with Gasteiger partial charge in [-0.2, -0.15) is 0 Å². The summed E-state index contributed by atoms with van der Waals surface area (Å²) in [4.78, 5) is 19.3. The van der Waals surface area contributed by atoms with E-state index in [1.807, 2.05) is 0 Å². The maximum atomic E-state index is 13.4. The van der Waals surface area contributed by atoms with Crippen molar-refractivity contribution in [3.05, 3.63) is 53.6 Å². The topological polar surface area (TPSA) is 78.1 Å². The Morgan fingerprint density at radius 2 is 1.89 bits per heavy atom. The third-order valence-corrected chi connectivity index (χ3v) is 2.26. The van der Waals surface area contributed by atoms with Crippen molar-refractivity contribution in [3.8, 4) is 0 Å². The molecule has 98 valence electrons. The Morgan fingerprint density at radius 3 is 2.58 bits per heavy atom. The molecule has 0 amide bonds. The van der Waals surface area contributed by atoms with Gasteiger partial charge in [-0.3, -0.25) is 0 Å². The van der Waals surface area contributed by atoms with Crippen molar-refractivity contribution in [2.75, 3.05) is 5.73 Å². The standard InChI is InChI=1S/C12H9F2N3O2/c13-8-5-9(14)10(15)4-7(8)12(18)19-6-11-16-2-1-3-17-11/h1-5H,6,15H2. The van der Waals surface area contributed by atoms with Crippen LogP contribution >= 0.6 is 0 Å². The van der Waals surface area contributed by atoms with E-state index in [1.54, 1.807) is 6.07 Å². The van der Waals surface area contributed by atoms with E-state index < -0.39 is 23.2 Å². The Hall–Kier alpha value is -2.57. The largest absolute Gasteiger partial charge is 0.454 e. The number of carbonyl (C=O) groups is 1. The summed E-state index contributed by atoms with van der Waals surface area (Å²) in [5.41, 5.74) is 4.50. The van der Waals surface area contributed by atoms with Crippen LogP contribution in [0.4, 0.5) is 14.5 Å². The fourth-order valence-corrected chi connectivity index (χ4v) is 1.33. The molecule has 0 saturated heterocycles. The molecule has 0 aliphatic rings. The van der Waals surface area contributed by atoms with E-state index >= 15 is 0 Å². The number of carbonyl (C=O) groups excluding carboxylic acids is 1. The molecule has 2 N–H and O–H groups in total. The summed E-state index contributed by atoms with van der Waals surface area (Å²) < 4.78 is 31.1. The molecule has 0 aliphatic heterocycles. The number of anilines is 1. The van der Waals surface area contributed by atoms with Crippen molar-refractivity contribution in [3.63, 3.8) is 0 Å². The minimum Gasteiger partial charge on any atom is -0.454 e. The second kappa shape index (κ2) is 5.38. The molecule has 2 aromatic rings. The van der Waals surface area contributed by atoms with Crippen LogP contribution in [0.5, 0.6) is 0 Å². The molecule has 19 heavy (non-hydrogen) atoms. The van der Waals surface area contributed by atoms with Crippen LogP contribution in [-0.4, -0.2) is 15.9 Å². The normalized spacial score (nSPS) is 10.2. The van der Waals surface area contributed by atoms with Crippen molar-refractivity contribution in [1.82, 2.24) is 9.97 Å². The highest BCUT2D eigenvalue weighted by molar-refractivity contribution is 5.90. The van der Waals surface area contributed by atoms with E-state index in [4.69, 9.17) is 10.5 Å². The summed E-state index contributed by atoms with van der Waals surface area (Å²) in [5.74, 6) is -2.66. The molecule has 7 heteroatoms. The lowest BCUT2D eigenvalue weighted by molar-refractivity contribution is 0.0456. The Bertz CT molecular complexity index is 605. The average Bonchev–Trinajstić information content (AvgIpc) is 2.41. The molecule has 2 rings (SSSR count). The molecule has 5 nitrogen and oxygen atoms in total. The smallest absolute Gasteiger partial charge is 0.341 e. The van der Waals surface area contributed by atoms with Crippen molar-refractivity contribution in [1.29, 1.82) is 0 Å². The van der Waals surface area contributed by atoms with E-state index in [-0.39, 0.29) is 18.1 Å². The molecular weight excluding hydrogens is 256 g/mol.